The molecule has 0 N–H and O–H groups in total. The molecule has 29 heavy (non-hydrogen) atoms. The highest BCUT2D eigenvalue weighted by atomic mass is 35.5. The van der Waals surface area contributed by atoms with Gasteiger partial charge < -0.3 is 9.47 Å². The number of carbonyl (C=O) groups excluding carboxylic acids is 1. The lowest BCUT2D eigenvalue weighted by atomic mass is 10.2. The number of halogens is 2. The maximum Gasteiger partial charge on any atom is 0.363 e. The molecular formula is C23H15Cl2NO3. The molecule has 0 radical (unpaired) electrons. The van der Waals surface area contributed by atoms with Crippen LogP contribution in [-0.2, 0) is 16.1 Å². The monoisotopic (exact) mass is 423 g/mol. The van der Waals surface area contributed by atoms with Crippen LogP contribution in [0.3, 0.4) is 0 Å². The van der Waals surface area contributed by atoms with Crippen LogP contribution in [0.5, 0.6) is 5.75 Å². The van der Waals surface area contributed by atoms with Crippen LogP contribution in [0.2, 0.25) is 10.0 Å². The zero-order chi connectivity index (χ0) is 20.2. The van der Waals surface area contributed by atoms with Gasteiger partial charge in [0.2, 0.25) is 5.90 Å². The van der Waals surface area contributed by atoms with Crippen molar-refractivity contribution in [3.8, 4) is 5.75 Å². The van der Waals surface area contributed by atoms with Gasteiger partial charge in [-0.1, -0.05) is 59.6 Å². The number of cyclic esters (lactones) is 1. The maximum absolute atomic E-state index is 12.2. The number of hydrogen-bond acceptors (Lipinski definition) is 4. The van der Waals surface area contributed by atoms with Gasteiger partial charge in [0.25, 0.3) is 0 Å². The third-order valence-corrected chi connectivity index (χ3v) is 4.75. The van der Waals surface area contributed by atoms with Gasteiger partial charge in [-0.25, -0.2) is 9.79 Å². The van der Waals surface area contributed by atoms with Crippen LogP contribution in [0.15, 0.2) is 83.5 Å². The standard InChI is InChI=1S/C23H15Cl2NO3/c24-17-7-3-6-16(11-17)14-28-18-8-4-5-15(12-18)13-21-23(27)29-22(26-21)19-9-1-2-10-20(19)25/h1-13H,14H2/b21-13-. The van der Waals surface area contributed by atoms with Crippen molar-refractivity contribution in [3.05, 3.63) is 105 Å². The van der Waals surface area contributed by atoms with Crippen LogP contribution in [0.1, 0.15) is 16.7 Å². The summed E-state index contributed by atoms with van der Waals surface area (Å²) < 4.78 is 11.1. The molecule has 3 aromatic rings. The molecule has 6 heteroatoms. The molecule has 144 valence electrons. The summed E-state index contributed by atoms with van der Waals surface area (Å²) >= 11 is 12.2. The summed E-state index contributed by atoms with van der Waals surface area (Å²) in [5.41, 5.74) is 2.51. The van der Waals surface area contributed by atoms with E-state index < -0.39 is 5.97 Å². The fourth-order valence-corrected chi connectivity index (χ4v) is 3.23. The van der Waals surface area contributed by atoms with Gasteiger partial charge in [0.05, 0.1) is 10.6 Å². The molecule has 0 saturated carbocycles. The first kappa shape index (κ1) is 19.2. The smallest absolute Gasteiger partial charge is 0.363 e. The van der Waals surface area contributed by atoms with Crippen molar-refractivity contribution in [1.29, 1.82) is 0 Å². The summed E-state index contributed by atoms with van der Waals surface area (Å²) in [6.07, 6.45) is 1.65. The molecule has 4 rings (SSSR count). The normalized spacial score (nSPS) is 14.6. The summed E-state index contributed by atoms with van der Waals surface area (Å²) in [5, 5.41) is 1.13. The molecule has 1 aliphatic rings. The predicted octanol–water partition coefficient (Wildman–Crippen LogP) is 5.92. The number of esters is 1. The van der Waals surface area contributed by atoms with Gasteiger partial charge in [-0.2, -0.15) is 0 Å². The van der Waals surface area contributed by atoms with Crippen LogP contribution in [0, 0.1) is 0 Å². The Kier molecular flexibility index (Phi) is 5.65. The molecule has 0 fully saturated rings. The third kappa shape index (κ3) is 4.67. The minimum absolute atomic E-state index is 0.195. The average molecular weight is 424 g/mol. The number of rotatable bonds is 5. The first-order chi connectivity index (χ1) is 14.1. The minimum atomic E-state index is -0.523. The Bertz CT molecular complexity index is 1140. The summed E-state index contributed by atoms with van der Waals surface area (Å²) in [7, 11) is 0. The Hall–Kier alpha value is -3.08. The maximum atomic E-state index is 12.2. The lowest BCUT2D eigenvalue weighted by Gasteiger charge is -2.07. The molecule has 0 aliphatic carbocycles. The molecule has 0 aromatic heterocycles. The molecule has 1 heterocycles. The number of benzene rings is 3. The molecule has 0 amide bonds. The zero-order valence-electron chi connectivity index (χ0n) is 15.1. The highest BCUT2D eigenvalue weighted by Crippen LogP contribution is 2.25. The van der Waals surface area contributed by atoms with E-state index in [9.17, 15) is 4.79 Å². The van der Waals surface area contributed by atoms with Gasteiger partial charge in [-0.15, -0.1) is 0 Å². The zero-order valence-corrected chi connectivity index (χ0v) is 16.7. The fourth-order valence-electron chi connectivity index (χ4n) is 2.80. The summed E-state index contributed by atoms with van der Waals surface area (Å²) in [6.45, 7) is 0.386. The van der Waals surface area contributed by atoms with Crippen molar-refractivity contribution < 1.29 is 14.3 Å². The molecule has 0 saturated heterocycles. The van der Waals surface area contributed by atoms with Gasteiger partial charge in [0, 0.05) is 5.02 Å². The van der Waals surface area contributed by atoms with E-state index in [0.29, 0.717) is 28.0 Å². The van der Waals surface area contributed by atoms with Crippen LogP contribution >= 0.6 is 23.2 Å². The topological polar surface area (TPSA) is 47.9 Å². The molecule has 0 unspecified atom stereocenters. The van der Waals surface area contributed by atoms with Gasteiger partial charge in [-0.05, 0) is 53.6 Å². The average Bonchev–Trinajstić information content (AvgIpc) is 3.07. The second kappa shape index (κ2) is 8.52. The van der Waals surface area contributed by atoms with Crippen LogP contribution in [0.25, 0.3) is 6.08 Å². The quantitative estimate of drug-likeness (QED) is 0.378. The molecule has 4 nitrogen and oxygen atoms in total. The Morgan fingerprint density at radius 3 is 2.62 bits per heavy atom. The van der Waals surface area contributed by atoms with Gasteiger partial charge >= 0.3 is 5.97 Å². The van der Waals surface area contributed by atoms with E-state index in [1.807, 2.05) is 48.5 Å². The summed E-state index contributed by atoms with van der Waals surface area (Å²) in [4.78, 5) is 16.5. The third-order valence-electron chi connectivity index (χ3n) is 4.18. The minimum Gasteiger partial charge on any atom is -0.489 e. The number of carbonyl (C=O) groups is 1. The van der Waals surface area contributed by atoms with E-state index in [1.54, 1.807) is 30.3 Å². The molecule has 0 spiro atoms. The van der Waals surface area contributed by atoms with E-state index in [4.69, 9.17) is 32.7 Å². The van der Waals surface area contributed by atoms with Gasteiger partial charge in [0.1, 0.15) is 12.4 Å². The van der Waals surface area contributed by atoms with Gasteiger partial charge in [-0.3, -0.25) is 0 Å². The van der Waals surface area contributed by atoms with E-state index in [-0.39, 0.29) is 11.6 Å². The molecule has 3 aromatic carbocycles. The number of hydrogen-bond donors (Lipinski definition) is 0. The van der Waals surface area contributed by atoms with Crippen molar-refractivity contribution in [2.45, 2.75) is 6.61 Å². The first-order valence-corrected chi connectivity index (χ1v) is 9.59. The Morgan fingerprint density at radius 2 is 1.79 bits per heavy atom. The number of nitrogens with zero attached hydrogens (tertiary/aromatic N) is 1. The highest BCUT2D eigenvalue weighted by molar-refractivity contribution is 6.34. The lowest BCUT2D eigenvalue weighted by molar-refractivity contribution is -0.129. The molecule has 0 bridgehead atoms. The van der Waals surface area contributed by atoms with E-state index in [0.717, 1.165) is 11.1 Å². The van der Waals surface area contributed by atoms with E-state index >= 15 is 0 Å². The van der Waals surface area contributed by atoms with Crippen molar-refractivity contribution in [2.75, 3.05) is 0 Å². The number of aliphatic imine (C=N–C) groups is 1. The van der Waals surface area contributed by atoms with Crippen LogP contribution < -0.4 is 4.74 Å². The van der Waals surface area contributed by atoms with E-state index in [2.05, 4.69) is 4.99 Å². The van der Waals surface area contributed by atoms with E-state index in [1.165, 1.54) is 0 Å². The SMILES string of the molecule is O=C1OC(c2ccccc2Cl)=N/C1=C\c1cccc(OCc2cccc(Cl)c2)c1. The van der Waals surface area contributed by atoms with Crippen molar-refractivity contribution in [1.82, 2.24) is 0 Å². The summed E-state index contributed by atoms with van der Waals surface area (Å²) in [5.74, 6) is 0.339. The Balaban J connectivity index is 1.53. The highest BCUT2D eigenvalue weighted by Gasteiger charge is 2.25. The van der Waals surface area contributed by atoms with Crippen molar-refractivity contribution in [3.63, 3.8) is 0 Å². The predicted molar refractivity (Wildman–Crippen MR) is 114 cm³/mol. The molecule has 1 aliphatic heterocycles. The first-order valence-electron chi connectivity index (χ1n) is 8.83. The van der Waals surface area contributed by atoms with Crippen molar-refractivity contribution >= 4 is 41.1 Å². The van der Waals surface area contributed by atoms with Crippen molar-refractivity contribution in [2.24, 2.45) is 4.99 Å². The second-order valence-corrected chi connectivity index (χ2v) is 7.15. The number of ether oxygens (including phenoxy) is 2. The fraction of sp³-hybridized carbons (Fsp3) is 0.0435. The molecule has 0 atom stereocenters. The summed E-state index contributed by atoms with van der Waals surface area (Å²) in [6, 6.07) is 21.9. The van der Waals surface area contributed by atoms with Gasteiger partial charge in [0.15, 0.2) is 5.70 Å². The second-order valence-electron chi connectivity index (χ2n) is 6.31. The largest absolute Gasteiger partial charge is 0.489 e. The Labute approximate surface area is 178 Å². The Morgan fingerprint density at radius 1 is 0.966 bits per heavy atom. The van der Waals surface area contributed by atoms with Crippen LogP contribution in [-0.4, -0.2) is 11.9 Å². The lowest BCUT2D eigenvalue weighted by Crippen LogP contribution is -2.05. The molecular weight excluding hydrogens is 409 g/mol. The van der Waals surface area contributed by atoms with Crippen LogP contribution in [0.4, 0.5) is 0 Å².